The first kappa shape index (κ1) is 15.8. The summed E-state index contributed by atoms with van der Waals surface area (Å²) in [5, 5.41) is 12.3. The van der Waals surface area contributed by atoms with Crippen molar-refractivity contribution in [1.82, 2.24) is 14.8 Å². The highest BCUT2D eigenvalue weighted by Gasteiger charge is 2.32. The smallest absolute Gasteiger partial charge is 0.406 e. The van der Waals surface area contributed by atoms with Crippen LogP contribution in [-0.2, 0) is 9.59 Å². The van der Waals surface area contributed by atoms with Gasteiger partial charge in [-0.25, -0.2) is 0 Å². The highest BCUT2D eigenvalue weighted by atomic mass is 19.4. The van der Waals surface area contributed by atoms with Gasteiger partial charge in [0.15, 0.2) is 0 Å². The number of nitrogens with one attached hydrogen (secondary N) is 2. The summed E-state index contributed by atoms with van der Waals surface area (Å²) in [6.45, 7) is 0. The van der Waals surface area contributed by atoms with Crippen LogP contribution in [0.2, 0.25) is 0 Å². The van der Waals surface area contributed by atoms with E-state index in [1.165, 1.54) is 23.0 Å². The Bertz CT molecular complexity index is 772. The summed E-state index contributed by atoms with van der Waals surface area (Å²) in [6.07, 6.45) is -3.59. The van der Waals surface area contributed by atoms with Gasteiger partial charge >= 0.3 is 6.36 Å². The van der Waals surface area contributed by atoms with Crippen LogP contribution in [0.3, 0.4) is 0 Å². The molecule has 0 spiro atoms. The number of ether oxygens (including phenoxy) is 1. The van der Waals surface area contributed by atoms with Crippen molar-refractivity contribution in [3.8, 4) is 5.75 Å². The van der Waals surface area contributed by atoms with Gasteiger partial charge in [-0.15, -0.1) is 23.4 Å². The van der Waals surface area contributed by atoms with E-state index in [-0.39, 0.29) is 24.0 Å². The zero-order valence-corrected chi connectivity index (χ0v) is 11.9. The minimum atomic E-state index is -4.79. The van der Waals surface area contributed by atoms with Crippen molar-refractivity contribution in [2.45, 2.75) is 18.8 Å². The lowest BCUT2D eigenvalue weighted by Gasteiger charge is -2.23. The molecule has 2 amide bonds. The van der Waals surface area contributed by atoms with Gasteiger partial charge in [0.25, 0.3) is 0 Å². The van der Waals surface area contributed by atoms with Crippen molar-refractivity contribution in [1.29, 1.82) is 0 Å². The van der Waals surface area contributed by atoms with E-state index in [0.717, 1.165) is 12.1 Å². The number of amides is 2. The van der Waals surface area contributed by atoms with E-state index >= 15 is 0 Å². The fourth-order valence-corrected chi connectivity index (χ4v) is 2.19. The number of aromatic nitrogens is 3. The Labute approximate surface area is 132 Å². The quantitative estimate of drug-likeness (QED) is 0.885. The Morgan fingerprint density at radius 3 is 2.71 bits per heavy atom. The molecule has 1 unspecified atom stereocenters. The molecule has 0 radical (unpaired) electrons. The SMILES string of the molecule is O=C1CC(C(=O)Nc2ccc(OC(F)(F)F)cc2)n2cnnc2N1. The number of anilines is 2. The summed E-state index contributed by atoms with van der Waals surface area (Å²) in [4.78, 5) is 23.9. The Kier molecular flexibility index (Phi) is 3.83. The largest absolute Gasteiger partial charge is 0.573 e. The third-order valence-electron chi connectivity index (χ3n) is 3.20. The lowest BCUT2D eigenvalue weighted by Crippen LogP contribution is -2.35. The summed E-state index contributed by atoms with van der Waals surface area (Å²) >= 11 is 0. The molecule has 24 heavy (non-hydrogen) atoms. The molecule has 1 aromatic carbocycles. The van der Waals surface area contributed by atoms with Crippen LogP contribution in [0.5, 0.6) is 5.75 Å². The third-order valence-corrected chi connectivity index (χ3v) is 3.20. The van der Waals surface area contributed by atoms with Crippen LogP contribution in [0, 0.1) is 0 Å². The number of fused-ring (bicyclic) bond motifs is 1. The molecule has 3 rings (SSSR count). The summed E-state index contributed by atoms with van der Waals surface area (Å²) < 4.78 is 41.4. The van der Waals surface area contributed by atoms with Crippen LogP contribution in [0.4, 0.5) is 24.8 Å². The molecular formula is C13H10F3N5O3. The lowest BCUT2D eigenvalue weighted by atomic mass is 10.1. The lowest BCUT2D eigenvalue weighted by molar-refractivity contribution is -0.274. The number of nitrogens with zero attached hydrogens (tertiary/aromatic N) is 3. The summed E-state index contributed by atoms with van der Waals surface area (Å²) in [5.41, 5.74) is 0.259. The molecule has 0 fully saturated rings. The molecule has 1 aliphatic rings. The average Bonchev–Trinajstić information content (AvgIpc) is 2.95. The van der Waals surface area contributed by atoms with Crippen molar-refractivity contribution >= 4 is 23.5 Å². The van der Waals surface area contributed by atoms with Crippen LogP contribution in [0.1, 0.15) is 12.5 Å². The minimum Gasteiger partial charge on any atom is -0.406 e. The van der Waals surface area contributed by atoms with E-state index in [1.807, 2.05) is 0 Å². The monoisotopic (exact) mass is 341 g/mol. The number of hydrogen-bond acceptors (Lipinski definition) is 5. The second-order valence-corrected chi connectivity index (χ2v) is 4.89. The number of carbonyl (C=O) groups is 2. The zero-order chi connectivity index (χ0) is 17.3. The first-order valence-electron chi connectivity index (χ1n) is 6.68. The molecule has 0 aliphatic carbocycles. The molecule has 8 nitrogen and oxygen atoms in total. The minimum absolute atomic E-state index is 0.105. The maximum atomic E-state index is 12.3. The first-order chi connectivity index (χ1) is 11.3. The van der Waals surface area contributed by atoms with Gasteiger partial charge in [-0.1, -0.05) is 0 Å². The van der Waals surface area contributed by atoms with Gasteiger partial charge in [0, 0.05) is 5.69 Å². The summed E-state index contributed by atoms with van der Waals surface area (Å²) in [7, 11) is 0. The van der Waals surface area contributed by atoms with Gasteiger partial charge in [-0.3, -0.25) is 19.5 Å². The molecule has 2 N–H and O–H groups in total. The zero-order valence-electron chi connectivity index (χ0n) is 11.9. The van der Waals surface area contributed by atoms with Crippen molar-refractivity contribution in [3.05, 3.63) is 30.6 Å². The van der Waals surface area contributed by atoms with E-state index < -0.39 is 24.1 Å². The molecule has 0 saturated carbocycles. The van der Waals surface area contributed by atoms with E-state index in [4.69, 9.17) is 0 Å². The molecule has 0 saturated heterocycles. The molecule has 2 heterocycles. The van der Waals surface area contributed by atoms with Crippen LogP contribution >= 0.6 is 0 Å². The fraction of sp³-hybridized carbons (Fsp3) is 0.231. The number of benzene rings is 1. The number of halogens is 3. The molecule has 2 aromatic rings. The Balaban J connectivity index is 1.71. The first-order valence-corrected chi connectivity index (χ1v) is 6.68. The number of carbonyl (C=O) groups excluding carboxylic acids is 2. The van der Waals surface area contributed by atoms with Gasteiger partial charge in [0.05, 0.1) is 6.42 Å². The molecule has 0 bridgehead atoms. The van der Waals surface area contributed by atoms with E-state index in [1.54, 1.807) is 0 Å². The highest BCUT2D eigenvalue weighted by molar-refractivity contribution is 6.00. The molecular weight excluding hydrogens is 331 g/mol. The predicted molar refractivity (Wildman–Crippen MR) is 74.1 cm³/mol. The van der Waals surface area contributed by atoms with Crippen molar-refractivity contribution < 1.29 is 27.5 Å². The molecule has 126 valence electrons. The second kappa shape index (κ2) is 5.83. The van der Waals surface area contributed by atoms with Crippen LogP contribution in [0.25, 0.3) is 0 Å². The van der Waals surface area contributed by atoms with E-state index in [9.17, 15) is 22.8 Å². The van der Waals surface area contributed by atoms with E-state index in [0.29, 0.717) is 0 Å². The van der Waals surface area contributed by atoms with Crippen molar-refractivity contribution in [2.75, 3.05) is 10.6 Å². The van der Waals surface area contributed by atoms with Crippen molar-refractivity contribution in [3.63, 3.8) is 0 Å². The van der Waals surface area contributed by atoms with Gasteiger partial charge in [-0.05, 0) is 24.3 Å². The molecule has 1 aromatic heterocycles. The Morgan fingerprint density at radius 2 is 2.04 bits per heavy atom. The van der Waals surface area contributed by atoms with E-state index in [2.05, 4.69) is 25.6 Å². The van der Waals surface area contributed by atoms with Gasteiger partial charge in [0.2, 0.25) is 17.8 Å². The van der Waals surface area contributed by atoms with Gasteiger partial charge < -0.3 is 10.1 Å². The Hall–Kier alpha value is -3.11. The number of rotatable bonds is 3. The molecule has 11 heteroatoms. The topological polar surface area (TPSA) is 98.1 Å². The fourth-order valence-electron chi connectivity index (χ4n) is 2.19. The third kappa shape index (κ3) is 3.45. The highest BCUT2D eigenvalue weighted by Crippen LogP contribution is 2.26. The molecule has 1 atom stereocenters. The van der Waals surface area contributed by atoms with Gasteiger partial charge in [0.1, 0.15) is 18.1 Å². The Morgan fingerprint density at radius 1 is 1.33 bits per heavy atom. The number of alkyl halides is 3. The second-order valence-electron chi connectivity index (χ2n) is 4.89. The van der Waals surface area contributed by atoms with Crippen molar-refractivity contribution in [2.24, 2.45) is 0 Å². The number of hydrogen-bond donors (Lipinski definition) is 2. The van der Waals surface area contributed by atoms with Crippen LogP contribution in [-0.4, -0.2) is 32.9 Å². The molecule has 1 aliphatic heterocycles. The standard InChI is InChI=1S/C13H10F3N5O3/c14-13(15,16)24-8-3-1-7(2-4-8)18-11(23)9-5-10(22)19-12-20-17-6-21(9)12/h1-4,6,9H,5H2,(H,18,23)(H,19,20,22). The maximum Gasteiger partial charge on any atom is 0.573 e. The van der Waals surface area contributed by atoms with Gasteiger partial charge in [-0.2, -0.15) is 0 Å². The summed E-state index contributed by atoms with van der Waals surface area (Å²) in [6, 6.07) is 3.81. The normalized spacial score (nSPS) is 17.0. The maximum absolute atomic E-state index is 12.3. The van der Waals surface area contributed by atoms with Crippen LogP contribution in [0.15, 0.2) is 30.6 Å². The average molecular weight is 341 g/mol. The van der Waals surface area contributed by atoms with Crippen LogP contribution < -0.4 is 15.4 Å². The predicted octanol–water partition coefficient (Wildman–Crippen LogP) is 1.70. The summed E-state index contributed by atoms with van der Waals surface area (Å²) in [5.74, 6) is -1.15.